The molecular formula is C17H22FN5O2. The van der Waals surface area contributed by atoms with Gasteiger partial charge in [-0.2, -0.15) is 5.10 Å². The number of aryl methyl sites for hydroxylation is 2. The number of aromatic nitrogens is 3. The van der Waals surface area contributed by atoms with Crippen molar-refractivity contribution < 1.29 is 14.3 Å². The summed E-state index contributed by atoms with van der Waals surface area (Å²) in [6.45, 7) is 1.84. The van der Waals surface area contributed by atoms with Crippen LogP contribution in [0.2, 0.25) is 0 Å². The first kappa shape index (κ1) is 17.3. The highest BCUT2D eigenvalue weighted by Crippen LogP contribution is 2.32. The second-order valence-electron chi connectivity index (χ2n) is 6.43. The predicted octanol–water partition coefficient (Wildman–Crippen LogP) is 2.08. The summed E-state index contributed by atoms with van der Waals surface area (Å²) in [5, 5.41) is 19.9. The van der Waals surface area contributed by atoms with E-state index in [-0.39, 0.29) is 17.8 Å². The zero-order chi connectivity index (χ0) is 18.0. The van der Waals surface area contributed by atoms with Crippen LogP contribution in [0.4, 0.5) is 14.9 Å². The molecule has 8 heteroatoms. The van der Waals surface area contributed by atoms with Gasteiger partial charge >= 0.3 is 6.03 Å². The number of carbonyl (C=O) groups excluding carboxylic acids is 1. The minimum Gasteiger partial charge on any atom is -0.391 e. The first-order valence-electron chi connectivity index (χ1n) is 8.31. The summed E-state index contributed by atoms with van der Waals surface area (Å²) < 4.78 is 14.7. The number of nitrogens with one attached hydrogen (secondary N) is 2. The van der Waals surface area contributed by atoms with Gasteiger partial charge in [0.2, 0.25) is 0 Å². The molecule has 7 nitrogen and oxygen atoms in total. The first-order valence-corrected chi connectivity index (χ1v) is 8.31. The summed E-state index contributed by atoms with van der Waals surface area (Å²) in [6.07, 6.45) is 1.36. The number of amides is 2. The SMILES string of the molecule is Cc1nc([C@H]2CC[C@@H](O)[C@H](NC(=O)Nc3ccc(F)cc3)C2)n(C)n1. The van der Waals surface area contributed by atoms with Crippen molar-refractivity contribution in [2.45, 2.75) is 44.2 Å². The number of urea groups is 1. The molecule has 0 saturated heterocycles. The molecular weight excluding hydrogens is 325 g/mol. The zero-order valence-electron chi connectivity index (χ0n) is 14.2. The van der Waals surface area contributed by atoms with Gasteiger partial charge in [0.05, 0.1) is 12.1 Å². The molecule has 0 bridgehead atoms. The van der Waals surface area contributed by atoms with Crippen LogP contribution in [0, 0.1) is 12.7 Å². The molecule has 1 aromatic heterocycles. The van der Waals surface area contributed by atoms with Gasteiger partial charge < -0.3 is 15.7 Å². The highest BCUT2D eigenvalue weighted by Gasteiger charge is 2.33. The maximum atomic E-state index is 12.9. The van der Waals surface area contributed by atoms with Crippen molar-refractivity contribution in [1.82, 2.24) is 20.1 Å². The summed E-state index contributed by atoms with van der Waals surface area (Å²) in [4.78, 5) is 16.6. The molecule has 3 atom stereocenters. The topological polar surface area (TPSA) is 92.1 Å². The number of hydrogen-bond acceptors (Lipinski definition) is 4. The van der Waals surface area contributed by atoms with E-state index >= 15 is 0 Å². The summed E-state index contributed by atoms with van der Waals surface area (Å²) in [5.74, 6) is 1.35. The molecule has 0 radical (unpaired) electrons. The maximum Gasteiger partial charge on any atom is 0.319 e. The van der Waals surface area contributed by atoms with E-state index in [1.165, 1.54) is 24.3 Å². The Morgan fingerprint density at radius 2 is 2.04 bits per heavy atom. The summed E-state index contributed by atoms with van der Waals surface area (Å²) in [7, 11) is 1.85. The Labute approximate surface area is 145 Å². The Morgan fingerprint density at radius 3 is 2.68 bits per heavy atom. The first-order chi connectivity index (χ1) is 11.9. The number of nitrogens with zero attached hydrogens (tertiary/aromatic N) is 3. The van der Waals surface area contributed by atoms with Crippen molar-refractivity contribution in [3.05, 3.63) is 41.7 Å². The van der Waals surface area contributed by atoms with Crippen molar-refractivity contribution >= 4 is 11.7 Å². The van der Waals surface area contributed by atoms with Crippen LogP contribution in [0.5, 0.6) is 0 Å². The van der Waals surface area contributed by atoms with Gasteiger partial charge in [-0.1, -0.05) is 0 Å². The molecule has 1 fully saturated rings. The second kappa shape index (κ2) is 7.18. The number of hydrogen-bond donors (Lipinski definition) is 3. The molecule has 0 spiro atoms. The molecule has 0 unspecified atom stereocenters. The molecule has 2 amide bonds. The van der Waals surface area contributed by atoms with Gasteiger partial charge in [0, 0.05) is 18.7 Å². The van der Waals surface area contributed by atoms with Gasteiger partial charge in [-0.3, -0.25) is 4.68 Å². The lowest BCUT2D eigenvalue weighted by Gasteiger charge is -2.33. The lowest BCUT2D eigenvalue weighted by atomic mass is 9.83. The molecule has 1 heterocycles. The molecule has 3 N–H and O–H groups in total. The van der Waals surface area contributed by atoms with E-state index < -0.39 is 12.1 Å². The average Bonchev–Trinajstić information content (AvgIpc) is 2.90. The highest BCUT2D eigenvalue weighted by atomic mass is 19.1. The van der Waals surface area contributed by atoms with Crippen molar-refractivity contribution in [3.8, 4) is 0 Å². The van der Waals surface area contributed by atoms with Gasteiger partial charge in [0.15, 0.2) is 0 Å². The summed E-state index contributed by atoms with van der Waals surface area (Å²) in [6, 6.07) is 4.71. The van der Waals surface area contributed by atoms with E-state index in [1.54, 1.807) is 4.68 Å². The Kier molecular flexibility index (Phi) is 4.98. The van der Waals surface area contributed by atoms with E-state index in [4.69, 9.17) is 0 Å². The molecule has 0 aliphatic heterocycles. The average molecular weight is 347 g/mol. The van der Waals surface area contributed by atoms with Crippen molar-refractivity contribution in [2.75, 3.05) is 5.32 Å². The molecule has 25 heavy (non-hydrogen) atoms. The van der Waals surface area contributed by atoms with Crippen LogP contribution in [0.1, 0.15) is 36.8 Å². The number of anilines is 1. The van der Waals surface area contributed by atoms with Crippen LogP contribution in [0.3, 0.4) is 0 Å². The molecule has 2 aromatic rings. The van der Waals surface area contributed by atoms with Gasteiger partial charge in [0.25, 0.3) is 0 Å². The fraction of sp³-hybridized carbons (Fsp3) is 0.471. The standard InChI is InChI=1S/C17H22FN5O2/c1-10-19-16(23(2)22-10)11-3-8-15(24)14(9-11)21-17(25)20-13-6-4-12(18)5-7-13/h4-7,11,14-15,24H,3,8-9H2,1-2H3,(H2,20,21,25)/t11-,14+,15+/m0/s1. The summed E-state index contributed by atoms with van der Waals surface area (Å²) >= 11 is 0. The van der Waals surface area contributed by atoms with E-state index in [2.05, 4.69) is 20.7 Å². The number of aliphatic hydroxyl groups excluding tert-OH is 1. The largest absolute Gasteiger partial charge is 0.391 e. The Bertz CT molecular complexity index is 746. The van der Waals surface area contributed by atoms with Crippen LogP contribution in [0.25, 0.3) is 0 Å². The minimum atomic E-state index is -0.607. The lowest BCUT2D eigenvalue weighted by Crippen LogP contribution is -2.48. The van der Waals surface area contributed by atoms with E-state index in [9.17, 15) is 14.3 Å². The van der Waals surface area contributed by atoms with Crippen molar-refractivity contribution in [1.29, 1.82) is 0 Å². The molecule has 1 aromatic carbocycles. The number of benzene rings is 1. The van der Waals surface area contributed by atoms with Crippen LogP contribution in [0.15, 0.2) is 24.3 Å². The molecule has 1 aliphatic rings. The lowest BCUT2D eigenvalue weighted by molar-refractivity contribution is 0.0862. The molecule has 3 rings (SSSR count). The number of halogens is 1. The van der Waals surface area contributed by atoms with E-state index in [0.29, 0.717) is 24.4 Å². The van der Waals surface area contributed by atoms with Crippen molar-refractivity contribution in [2.24, 2.45) is 7.05 Å². The van der Waals surface area contributed by atoms with Crippen molar-refractivity contribution in [3.63, 3.8) is 0 Å². The zero-order valence-corrected chi connectivity index (χ0v) is 14.2. The number of carbonyl (C=O) groups is 1. The van der Waals surface area contributed by atoms with Gasteiger partial charge in [-0.05, 0) is 50.5 Å². The Balaban J connectivity index is 1.63. The van der Waals surface area contributed by atoms with E-state index in [1.807, 2.05) is 14.0 Å². The minimum absolute atomic E-state index is 0.130. The van der Waals surface area contributed by atoms with Gasteiger partial charge in [0.1, 0.15) is 17.5 Å². The quantitative estimate of drug-likeness (QED) is 0.793. The monoisotopic (exact) mass is 347 g/mol. The Morgan fingerprint density at radius 1 is 1.32 bits per heavy atom. The molecule has 1 saturated carbocycles. The number of rotatable bonds is 3. The second-order valence-corrected chi connectivity index (χ2v) is 6.43. The third-order valence-corrected chi connectivity index (χ3v) is 4.50. The van der Waals surface area contributed by atoms with Crippen LogP contribution in [-0.4, -0.2) is 38.0 Å². The highest BCUT2D eigenvalue weighted by molar-refractivity contribution is 5.89. The van der Waals surface area contributed by atoms with Gasteiger partial charge in [-0.15, -0.1) is 0 Å². The molecule has 134 valence electrons. The van der Waals surface area contributed by atoms with Crippen LogP contribution in [-0.2, 0) is 7.05 Å². The third-order valence-electron chi connectivity index (χ3n) is 4.50. The fourth-order valence-corrected chi connectivity index (χ4v) is 3.30. The predicted molar refractivity (Wildman–Crippen MR) is 90.7 cm³/mol. The van der Waals surface area contributed by atoms with Crippen LogP contribution < -0.4 is 10.6 Å². The smallest absolute Gasteiger partial charge is 0.319 e. The third kappa shape index (κ3) is 4.14. The number of aliphatic hydroxyl groups is 1. The molecule has 1 aliphatic carbocycles. The van der Waals surface area contributed by atoms with Crippen LogP contribution >= 0.6 is 0 Å². The maximum absolute atomic E-state index is 12.9. The van der Waals surface area contributed by atoms with Gasteiger partial charge in [-0.25, -0.2) is 14.2 Å². The normalized spacial score (nSPS) is 23.3. The van der Waals surface area contributed by atoms with E-state index in [0.717, 1.165) is 12.2 Å². The summed E-state index contributed by atoms with van der Waals surface area (Å²) in [5.41, 5.74) is 0.490. The Hall–Kier alpha value is -2.48. The fourth-order valence-electron chi connectivity index (χ4n) is 3.30.